The Morgan fingerprint density at radius 2 is 2.13 bits per heavy atom. The highest BCUT2D eigenvalue weighted by Crippen LogP contribution is 2.24. The van der Waals surface area contributed by atoms with E-state index in [1.54, 1.807) is 0 Å². The molecule has 126 valence electrons. The van der Waals surface area contributed by atoms with Crippen LogP contribution in [-0.4, -0.2) is 28.0 Å². The molecule has 0 spiro atoms. The maximum Gasteiger partial charge on any atom is 0.337 e. The molecule has 0 aromatic heterocycles. The van der Waals surface area contributed by atoms with E-state index in [4.69, 9.17) is 11.6 Å². The molecular formula is C16H20ClNO4S. The van der Waals surface area contributed by atoms with Crippen LogP contribution in [0.15, 0.2) is 34.7 Å². The minimum atomic E-state index is -3.70. The van der Waals surface area contributed by atoms with Crippen molar-refractivity contribution in [3.05, 3.63) is 40.4 Å². The molecule has 0 fully saturated rings. The Kier molecular flexibility index (Phi) is 6.21. The van der Waals surface area contributed by atoms with Gasteiger partial charge in [-0.3, -0.25) is 0 Å². The fourth-order valence-corrected chi connectivity index (χ4v) is 4.09. The molecule has 1 aliphatic rings. The second-order valence-electron chi connectivity index (χ2n) is 5.39. The smallest absolute Gasteiger partial charge is 0.337 e. The van der Waals surface area contributed by atoms with E-state index in [-0.39, 0.29) is 15.5 Å². The van der Waals surface area contributed by atoms with Crippen LogP contribution in [0.4, 0.5) is 0 Å². The minimum Gasteiger partial charge on any atom is -0.465 e. The standard InChI is InChI=1S/C16H20ClNO4S/c1-22-16(19)13-7-8-15(14(17)11-13)23(20,21)18-10-9-12-5-3-2-4-6-12/h5,7-8,11,18H,2-4,6,9-10H2,1H3. The molecule has 1 aromatic carbocycles. The number of ether oxygens (including phenoxy) is 1. The van der Waals surface area contributed by atoms with Crippen LogP contribution >= 0.6 is 11.6 Å². The topological polar surface area (TPSA) is 72.5 Å². The number of esters is 1. The summed E-state index contributed by atoms with van der Waals surface area (Å²) in [6.07, 6.45) is 7.38. The Balaban J connectivity index is 2.04. The van der Waals surface area contributed by atoms with Crippen LogP contribution in [0.2, 0.25) is 5.02 Å². The fraction of sp³-hybridized carbons (Fsp3) is 0.438. The van der Waals surface area contributed by atoms with Crippen molar-refractivity contribution in [2.45, 2.75) is 37.0 Å². The van der Waals surface area contributed by atoms with Crippen molar-refractivity contribution >= 4 is 27.6 Å². The molecule has 1 aliphatic carbocycles. The fourth-order valence-electron chi connectivity index (χ4n) is 2.52. The third kappa shape index (κ3) is 4.80. The molecule has 0 saturated heterocycles. The van der Waals surface area contributed by atoms with Crippen molar-refractivity contribution in [3.8, 4) is 0 Å². The number of benzene rings is 1. The van der Waals surface area contributed by atoms with Gasteiger partial charge >= 0.3 is 5.97 Å². The van der Waals surface area contributed by atoms with E-state index in [0.717, 1.165) is 12.8 Å². The number of nitrogens with one attached hydrogen (secondary N) is 1. The molecule has 0 saturated carbocycles. The monoisotopic (exact) mass is 357 g/mol. The van der Waals surface area contributed by atoms with Crippen LogP contribution < -0.4 is 4.72 Å². The van der Waals surface area contributed by atoms with Gasteiger partial charge in [-0.2, -0.15) is 0 Å². The van der Waals surface area contributed by atoms with Gasteiger partial charge in [-0.15, -0.1) is 0 Å². The lowest BCUT2D eigenvalue weighted by molar-refractivity contribution is 0.0600. The Morgan fingerprint density at radius 1 is 1.35 bits per heavy atom. The van der Waals surface area contributed by atoms with Crippen LogP contribution in [0.5, 0.6) is 0 Å². The van der Waals surface area contributed by atoms with E-state index in [9.17, 15) is 13.2 Å². The number of carbonyl (C=O) groups excluding carboxylic acids is 1. The van der Waals surface area contributed by atoms with E-state index in [1.807, 2.05) is 0 Å². The molecule has 1 N–H and O–H groups in total. The molecule has 1 aromatic rings. The van der Waals surface area contributed by atoms with Crippen LogP contribution in [0, 0.1) is 0 Å². The third-order valence-electron chi connectivity index (χ3n) is 3.77. The summed E-state index contributed by atoms with van der Waals surface area (Å²) in [5, 5.41) is -0.00252. The predicted octanol–water partition coefficient (Wildman–Crippen LogP) is 3.30. The summed E-state index contributed by atoms with van der Waals surface area (Å²) < 4.78 is 31.8. The first-order chi connectivity index (χ1) is 10.9. The second-order valence-corrected chi connectivity index (χ2v) is 7.54. The lowest BCUT2D eigenvalue weighted by Gasteiger charge is -2.13. The van der Waals surface area contributed by atoms with Crippen molar-refractivity contribution in [1.29, 1.82) is 0 Å². The average Bonchev–Trinajstić information content (AvgIpc) is 2.54. The second kappa shape index (κ2) is 7.95. The molecule has 0 radical (unpaired) electrons. The van der Waals surface area contributed by atoms with Crippen molar-refractivity contribution in [2.75, 3.05) is 13.7 Å². The number of carbonyl (C=O) groups is 1. The number of hydrogen-bond donors (Lipinski definition) is 1. The van der Waals surface area contributed by atoms with Gasteiger partial charge in [-0.1, -0.05) is 23.3 Å². The molecule has 0 atom stereocenters. The van der Waals surface area contributed by atoms with Gasteiger partial charge in [0.05, 0.1) is 17.7 Å². The van der Waals surface area contributed by atoms with E-state index in [1.165, 1.54) is 43.7 Å². The average molecular weight is 358 g/mol. The van der Waals surface area contributed by atoms with Gasteiger partial charge in [0.1, 0.15) is 4.90 Å². The van der Waals surface area contributed by atoms with Crippen LogP contribution in [-0.2, 0) is 14.8 Å². The minimum absolute atomic E-state index is 0.00252. The number of methoxy groups -OCH3 is 1. The third-order valence-corrected chi connectivity index (χ3v) is 5.71. The summed E-state index contributed by atoms with van der Waals surface area (Å²) >= 11 is 6.00. The SMILES string of the molecule is COC(=O)c1ccc(S(=O)(=O)NCCC2=CCCCC2)c(Cl)c1. The summed E-state index contributed by atoms with van der Waals surface area (Å²) in [7, 11) is -2.45. The normalized spacial score (nSPS) is 15.1. The first-order valence-electron chi connectivity index (χ1n) is 7.49. The molecule has 23 heavy (non-hydrogen) atoms. The highest BCUT2D eigenvalue weighted by molar-refractivity contribution is 7.89. The summed E-state index contributed by atoms with van der Waals surface area (Å²) in [5.74, 6) is -0.562. The highest BCUT2D eigenvalue weighted by atomic mass is 35.5. The van der Waals surface area contributed by atoms with Crippen LogP contribution in [0.1, 0.15) is 42.5 Å². The Morgan fingerprint density at radius 3 is 2.74 bits per heavy atom. The zero-order chi connectivity index (χ0) is 16.9. The molecule has 0 heterocycles. The quantitative estimate of drug-likeness (QED) is 0.626. The lowest BCUT2D eigenvalue weighted by Crippen LogP contribution is -2.25. The number of allylic oxidation sites excluding steroid dienone is 1. The van der Waals surface area contributed by atoms with Gasteiger partial charge in [-0.25, -0.2) is 17.9 Å². The van der Waals surface area contributed by atoms with Crippen LogP contribution in [0.3, 0.4) is 0 Å². The number of halogens is 1. The first kappa shape index (κ1) is 18.0. The van der Waals surface area contributed by atoms with Gasteiger partial charge in [0.2, 0.25) is 10.0 Å². The molecule has 7 heteroatoms. The Hall–Kier alpha value is -1.37. The molecule has 5 nitrogen and oxygen atoms in total. The molecular weight excluding hydrogens is 338 g/mol. The summed E-state index contributed by atoms with van der Waals surface area (Å²) in [6.45, 7) is 0.337. The summed E-state index contributed by atoms with van der Waals surface area (Å²) in [5.41, 5.74) is 1.51. The molecule has 0 bridgehead atoms. The van der Waals surface area contributed by atoms with E-state index >= 15 is 0 Å². The number of rotatable bonds is 6. The van der Waals surface area contributed by atoms with Crippen molar-refractivity contribution in [2.24, 2.45) is 0 Å². The zero-order valence-corrected chi connectivity index (χ0v) is 14.5. The van der Waals surface area contributed by atoms with Gasteiger partial charge in [0, 0.05) is 6.54 Å². The molecule has 0 amide bonds. The van der Waals surface area contributed by atoms with Crippen molar-refractivity contribution in [3.63, 3.8) is 0 Å². The summed E-state index contributed by atoms with van der Waals surface area (Å²) in [6, 6.07) is 4.00. The van der Waals surface area contributed by atoms with Gasteiger partial charge in [0.25, 0.3) is 0 Å². The zero-order valence-electron chi connectivity index (χ0n) is 13.0. The van der Waals surface area contributed by atoms with Crippen molar-refractivity contribution in [1.82, 2.24) is 4.72 Å². The maximum atomic E-state index is 12.3. The maximum absolute atomic E-state index is 12.3. The van der Waals surface area contributed by atoms with Crippen LogP contribution in [0.25, 0.3) is 0 Å². The molecule has 0 unspecified atom stereocenters. The first-order valence-corrected chi connectivity index (χ1v) is 9.35. The largest absolute Gasteiger partial charge is 0.465 e. The van der Waals surface area contributed by atoms with E-state index < -0.39 is 16.0 Å². The molecule has 0 aliphatic heterocycles. The highest BCUT2D eigenvalue weighted by Gasteiger charge is 2.19. The lowest BCUT2D eigenvalue weighted by atomic mass is 9.97. The Labute approximate surface area is 141 Å². The summed E-state index contributed by atoms with van der Waals surface area (Å²) in [4.78, 5) is 11.4. The van der Waals surface area contributed by atoms with E-state index in [0.29, 0.717) is 13.0 Å². The van der Waals surface area contributed by atoms with E-state index in [2.05, 4.69) is 15.5 Å². The van der Waals surface area contributed by atoms with Gasteiger partial charge in [0.15, 0.2) is 0 Å². The van der Waals surface area contributed by atoms with Crippen molar-refractivity contribution < 1.29 is 17.9 Å². The predicted molar refractivity (Wildman–Crippen MR) is 89.1 cm³/mol. The Bertz CT molecular complexity index is 713. The van der Waals surface area contributed by atoms with Gasteiger partial charge in [-0.05, 0) is 50.3 Å². The number of sulfonamides is 1. The van der Waals surface area contributed by atoms with Gasteiger partial charge < -0.3 is 4.74 Å². The molecule has 2 rings (SSSR count). The number of hydrogen-bond acceptors (Lipinski definition) is 4.